The Kier molecular flexibility index (Phi) is 6.56. The van der Waals surface area contributed by atoms with E-state index in [-0.39, 0.29) is 23.6 Å². The Morgan fingerprint density at radius 2 is 1.72 bits per heavy atom. The molecule has 0 saturated heterocycles. The molecule has 0 bridgehead atoms. The molecule has 4 rings (SSSR count). The molecule has 7 nitrogen and oxygen atoms in total. The standard InChI is InChI=1S/C25H27N3O4/c1-31-23-10-6-5-9-21(23)26-25(30)17-28-16-24(32-2)22(29)13-20(28)15-27-12-11-18-7-3-4-8-19(18)14-27/h3-10,13,16H,11-12,14-15,17H2,1-2H3,(H,26,30). The maximum atomic E-state index is 12.8. The van der Waals surface area contributed by atoms with Gasteiger partial charge in [0, 0.05) is 31.4 Å². The Balaban J connectivity index is 1.55. The fraction of sp³-hybridized carbons (Fsp3) is 0.280. The van der Waals surface area contributed by atoms with Crippen LogP contribution in [-0.2, 0) is 30.8 Å². The average Bonchev–Trinajstić information content (AvgIpc) is 2.81. The van der Waals surface area contributed by atoms with Gasteiger partial charge in [-0.1, -0.05) is 36.4 Å². The summed E-state index contributed by atoms with van der Waals surface area (Å²) in [4.78, 5) is 27.6. The minimum atomic E-state index is -0.217. The molecule has 1 aliphatic heterocycles. The summed E-state index contributed by atoms with van der Waals surface area (Å²) in [5, 5.41) is 2.89. The number of hydrogen-bond donors (Lipinski definition) is 1. The molecule has 3 aromatic rings. The van der Waals surface area contributed by atoms with Crippen LogP contribution in [0.5, 0.6) is 11.5 Å². The number of nitrogens with zero attached hydrogens (tertiary/aromatic N) is 2. The van der Waals surface area contributed by atoms with Gasteiger partial charge >= 0.3 is 0 Å². The second kappa shape index (κ2) is 9.70. The number of aromatic nitrogens is 1. The number of fused-ring (bicyclic) bond motifs is 1. The first-order valence-electron chi connectivity index (χ1n) is 10.6. The third-order valence-corrected chi connectivity index (χ3v) is 5.69. The number of para-hydroxylation sites is 2. The van der Waals surface area contributed by atoms with Gasteiger partial charge in [-0.2, -0.15) is 0 Å². The third kappa shape index (κ3) is 4.84. The quantitative estimate of drug-likeness (QED) is 0.620. The first kappa shape index (κ1) is 21.6. The highest BCUT2D eigenvalue weighted by molar-refractivity contribution is 5.92. The molecular formula is C25H27N3O4. The van der Waals surface area contributed by atoms with Gasteiger partial charge in [0.05, 0.1) is 26.1 Å². The molecule has 0 fully saturated rings. The van der Waals surface area contributed by atoms with Crippen molar-refractivity contribution in [2.45, 2.75) is 26.1 Å². The van der Waals surface area contributed by atoms with Crippen molar-refractivity contribution < 1.29 is 14.3 Å². The monoisotopic (exact) mass is 433 g/mol. The molecule has 2 heterocycles. The Morgan fingerprint density at radius 3 is 2.50 bits per heavy atom. The summed E-state index contributed by atoms with van der Waals surface area (Å²) in [6.45, 7) is 2.32. The van der Waals surface area contributed by atoms with Gasteiger partial charge in [-0.15, -0.1) is 0 Å². The summed E-state index contributed by atoms with van der Waals surface area (Å²) < 4.78 is 12.3. The summed E-state index contributed by atoms with van der Waals surface area (Å²) in [5.41, 5.74) is 3.84. The highest BCUT2D eigenvalue weighted by Gasteiger charge is 2.19. The van der Waals surface area contributed by atoms with E-state index in [0.717, 1.165) is 25.2 Å². The highest BCUT2D eigenvalue weighted by Crippen LogP contribution is 2.23. The number of benzene rings is 2. The summed E-state index contributed by atoms with van der Waals surface area (Å²) in [6, 6.07) is 17.2. The van der Waals surface area contributed by atoms with E-state index < -0.39 is 0 Å². The molecule has 166 valence electrons. The normalized spacial score (nSPS) is 13.3. The number of carbonyl (C=O) groups is 1. The number of hydrogen-bond acceptors (Lipinski definition) is 5. The summed E-state index contributed by atoms with van der Waals surface area (Å²) in [6.07, 6.45) is 2.57. The molecule has 2 aromatic carbocycles. The van der Waals surface area contributed by atoms with E-state index in [2.05, 4.69) is 28.4 Å². The van der Waals surface area contributed by atoms with Crippen LogP contribution in [0.2, 0.25) is 0 Å². The number of rotatable bonds is 7. The van der Waals surface area contributed by atoms with Crippen molar-refractivity contribution in [1.82, 2.24) is 9.47 Å². The summed E-state index contributed by atoms with van der Waals surface area (Å²) in [7, 11) is 3.02. The van der Waals surface area contributed by atoms with Crippen molar-refractivity contribution in [2.75, 3.05) is 26.1 Å². The largest absolute Gasteiger partial charge is 0.495 e. The number of amides is 1. The van der Waals surface area contributed by atoms with E-state index in [1.54, 1.807) is 36.1 Å². The summed E-state index contributed by atoms with van der Waals surface area (Å²) in [5.74, 6) is 0.582. The fourth-order valence-electron chi connectivity index (χ4n) is 4.04. The SMILES string of the molecule is COc1ccccc1NC(=O)Cn1cc(OC)c(=O)cc1CN1CCc2ccccc2C1. The molecule has 0 unspecified atom stereocenters. The molecule has 0 aliphatic carbocycles. The van der Waals surface area contributed by atoms with Crippen molar-refractivity contribution in [3.8, 4) is 11.5 Å². The maximum absolute atomic E-state index is 12.8. The number of anilines is 1. The maximum Gasteiger partial charge on any atom is 0.244 e. The van der Waals surface area contributed by atoms with Crippen LogP contribution >= 0.6 is 0 Å². The molecule has 32 heavy (non-hydrogen) atoms. The Morgan fingerprint density at radius 1 is 1.00 bits per heavy atom. The van der Waals surface area contributed by atoms with Crippen molar-refractivity contribution >= 4 is 11.6 Å². The molecule has 0 saturated carbocycles. The molecule has 1 aliphatic rings. The van der Waals surface area contributed by atoms with Crippen LogP contribution in [0.25, 0.3) is 0 Å². The zero-order valence-electron chi connectivity index (χ0n) is 18.3. The summed E-state index contributed by atoms with van der Waals surface area (Å²) >= 11 is 0. The number of carbonyl (C=O) groups excluding carboxylic acids is 1. The van der Waals surface area contributed by atoms with E-state index in [1.165, 1.54) is 18.2 Å². The molecule has 1 amide bonds. The molecule has 0 spiro atoms. The third-order valence-electron chi connectivity index (χ3n) is 5.69. The molecule has 0 atom stereocenters. The van der Waals surface area contributed by atoms with Crippen LogP contribution in [0, 0.1) is 0 Å². The highest BCUT2D eigenvalue weighted by atomic mass is 16.5. The van der Waals surface area contributed by atoms with E-state index in [1.807, 2.05) is 18.2 Å². The number of nitrogens with one attached hydrogen (secondary N) is 1. The van der Waals surface area contributed by atoms with Gasteiger partial charge in [-0.25, -0.2) is 0 Å². The van der Waals surface area contributed by atoms with Crippen LogP contribution in [-0.4, -0.2) is 36.1 Å². The lowest BCUT2D eigenvalue weighted by atomic mass is 10.00. The smallest absolute Gasteiger partial charge is 0.244 e. The van der Waals surface area contributed by atoms with Gasteiger partial charge in [0.15, 0.2) is 5.75 Å². The van der Waals surface area contributed by atoms with Crippen LogP contribution in [0.15, 0.2) is 65.6 Å². The minimum absolute atomic E-state index is 0.0500. The van der Waals surface area contributed by atoms with Crippen LogP contribution in [0.3, 0.4) is 0 Å². The van der Waals surface area contributed by atoms with E-state index >= 15 is 0 Å². The second-order valence-electron chi connectivity index (χ2n) is 7.80. The zero-order chi connectivity index (χ0) is 22.5. The molecule has 1 aromatic heterocycles. The number of methoxy groups -OCH3 is 2. The Hall–Kier alpha value is -3.58. The Labute approximate surface area is 187 Å². The number of ether oxygens (including phenoxy) is 2. The number of pyridine rings is 1. The first-order chi connectivity index (χ1) is 15.6. The molecule has 1 N–H and O–H groups in total. The lowest BCUT2D eigenvalue weighted by Crippen LogP contribution is -2.32. The topological polar surface area (TPSA) is 72.8 Å². The fourth-order valence-corrected chi connectivity index (χ4v) is 4.04. The predicted molar refractivity (Wildman–Crippen MR) is 123 cm³/mol. The van der Waals surface area contributed by atoms with E-state index in [0.29, 0.717) is 18.0 Å². The van der Waals surface area contributed by atoms with Gasteiger partial charge in [0.1, 0.15) is 12.3 Å². The van der Waals surface area contributed by atoms with Crippen molar-refractivity contribution in [3.63, 3.8) is 0 Å². The van der Waals surface area contributed by atoms with Gasteiger partial charge in [0.2, 0.25) is 11.3 Å². The average molecular weight is 434 g/mol. The van der Waals surface area contributed by atoms with E-state index in [4.69, 9.17) is 9.47 Å². The molecular weight excluding hydrogens is 406 g/mol. The van der Waals surface area contributed by atoms with Gasteiger partial charge in [-0.3, -0.25) is 14.5 Å². The van der Waals surface area contributed by atoms with Gasteiger partial charge < -0.3 is 19.4 Å². The van der Waals surface area contributed by atoms with Crippen molar-refractivity contribution in [1.29, 1.82) is 0 Å². The zero-order valence-corrected chi connectivity index (χ0v) is 18.3. The van der Waals surface area contributed by atoms with Crippen molar-refractivity contribution in [3.05, 3.63) is 87.8 Å². The lowest BCUT2D eigenvalue weighted by molar-refractivity contribution is -0.116. The van der Waals surface area contributed by atoms with E-state index in [9.17, 15) is 9.59 Å². The second-order valence-corrected chi connectivity index (χ2v) is 7.80. The van der Waals surface area contributed by atoms with Gasteiger partial charge in [-0.05, 0) is 29.7 Å². The minimum Gasteiger partial charge on any atom is -0.495 e. The molecule has 0 radical (unpaired) electrons. The van der Waals surface area contributed by atoms with Gasteiger partial charge in [0.25, 0.3) is 0 Å². The lowest BCUT2D eigenvalue weighted by Gasteiger charge is -2.29. The predicted octanol–water partition coefficient (Wildman–Crippen LogP) is 3.06. The van der Waals surface area contributed by atoms with Crippen LogP contribution in [0.4, 0.5) is 5.69 Å². The first-order valence-corrected chi connectivity index (χ1v) is 10.6. The van der Waals surface area contributed by atoms with Crippen molar-refractivity contribution in [2.24, 2.45) is 0 Å². The molecule has 7 heteroatoms. The Bertz CT molecular complexity index is 1170. The van der Waals surface area contributed by atoms with Crippen LogP contribution < -0.4 is 20.2 Å². The van der Waals surface area contributed by atoms with Crippen LogP contribution in [0.1, 0.15) is 16.8 Å².